The molecule has 0 saturated heterocycles. The van der Waals surface area contributed by atoms with E-state index in [0.29, 0.717) is 19.5 Å². The second-order valence-corrected chi connectivity index (χ2v) is 7.60. The third-order valence-electron chi connectivity index (χ3n) is 4.51. The number of hydrogen-bond acceptors (Lipinski definition) is 5. The lowest BCUT2D eigenvalue weighted by Crippen LogP contribution is -2.39. The highest BCUT2D eigenvalue weighted by molar-refractivity contribution is 7.11. The Bertz CT molecular complexity index is 784. The summed E-state index contributed by atoms with van der Waals surface area (Å²) in [6.45, 7) is 5.17. The van der Waals surface area contributed by atoms with E-state index in [9.17, 15) is 9.59 Å². The molecule has 8 heteroatoms. The highest BCUT2D eigenvalue weighted by atomic mass is 32.1. The van der Waals surface area contributed by atoms with Crippen LogP contribution in [0.3, 0.4) is 0 Å². The fraction of sp³-hybridized carbons (Fsp3) is 0.625. The fourth-order valence-electron chi connectivity index (χ4n) is 2.99. The van der Waals surface area contributed by atoms with Crippen molar-refractivity contribution >= 4 is 17.2 Å². The normalized spacial score (nSPS) is 16.9. The number of fused-ring (bicyclic) bond motifs is 1. The number of aryl methyl sites for hydroxylation is 5. The molecule has 7 nitrogen and oxygen atoms in total. The molecule has 1 atom stereocenters. The van der Waals surface area contributed by atoms with Crippen molar-refractivity contribution < 1.29 is 4.79 Å². The van der Waals surface area contributed by atoms with Crippen LogP contribution < -0.4 is 11.0 Å². The Morgan fingerprint density at radius 1 is 1.42 bits per heavy atom. The smallest absolute Gasteiger partial charge is 0.345 e. The molecule has 0 aromatic carbocycles. The number of nitrogens with zero attached hydrogens (tertiary/aromatic N) is 4. The first kappa shape index (κ1) is 16.9. The Morgan fingerprint density at radius 3 is 2.92 bits per heavy atom. The van der Waals surface area contributed by atoms with Crippen molar-refractivity contribution in [2.45, 2.75) is 46.1 Å². The van der Waals surface area contributed by atoms with Crippen LogP contribution in [0.25, 0.3) is 0 Å². The van der Waals surface area contributed by atoms with Crippen LogP contribution in [0, 0.1) is 19.8 Å². The third kappa shape index (κ3) is 3.43. The number of carbonyl (C=O) groups excluding carboxylic acids is 1. The number of nitrogens with one attached hydrogen (secondary N) is 1. The van der Waals surface area contributed by atoms with Gasteiger partial charge in [-0.25, -0.2) is 14.5 Å². The molecule has 1 N–H and O–H groups in total. The molecule has 24 heavy (non-hydrogen) atoms. The van der Waals surface area contributed by atoms with Gasteiger partial charge in [-0.1, -0.05) is 0 Å². The van der Waals surface area contributed by atoms with Gasteiger partial charge in [0, 0.05) is 37.9 Å². The van der Waals surface area contributed by atoms with E-state index >= 15 is 0 Å². The summed E-state index contributed by atoms with van der Waals surface area (Å²) in [5.41, 5.74) is 0.955. The average molecular weight is 349 g/mol. The van der Waals surface area contributed by atoms with Gasteiger partial charge in [0.1, 0.15) is 5.82 Å². The fourth-order valence-corrected chi connectivity index (χ4v) is 3.97. The number of thiazole rings is 1. The van der Waals surface area contributed by atoms with Gasteiger partial charge >= 0.3 is 5.69 Å². The van der Waals surface area contributed by atoms with Crippen molar-refractivity contribution in [1.82, 2.24) is 24.6 Å². The van der Waals surface area contributed by atoms with Gasteiger partial charge in [0.15, 0.2) is 0 Å². The van der Waals surface area contributed by atoms with Crippen LogP contribution in [0.5, 0.6) is 0 Å². The summed E-state index contributed by atoms with van der Waals surface area (Å²) >= 11 is 1.73. The van der Waals surface area contributed by atoms with Gasteiger partial charge in [-0.15, -0.1) is 11.3 Å². The predicted molar refractivity (Wildman–Crippen MR) is 92.2 cm³/mol. The second kappa shape index (κ2) is 6.88. The molecule has 1 aliphatic heterocycles. The molecule has 2 aromatic heterocycles. The number of aromatic nitrogens is 4. The van der Waals surface area contributed by atoms with E-state index in [-0.39, 0.29) is 17.5 Å². The lowest BCUT2D eigenvalue weighted by molar-refractivity contribution is -0.125. The zero-order valence-electron chi connectivity index (χ0n) is 14.3. The van der Waals surface area contributed by atoms with Gasteiger partial charge in [-0.2, -0.15) is 5.10 Å². The van der Waals surface area contributed by atoms with Crippen LogP contribution in [0.2, 0.25) is 0 Å². The Labute approximate surface area is 144 Å². The van der Waals surface area contributed by atoms with Crippen molar-refractivity contribution in [3.8, 4) is 0 Å². The largest absolute Gasteiger partial charge is 0.356 e. The zero-order valence-corrected chi connectivity index (χ0v) is 15.2. The van der Waals surface area contributed by atoms with Crippen LogP contribution in [0.15, 0.2) is 4.79 Å². The van der Waals surface area contributed by atoms with Crippen LogP contribution in [-0.2, 0) is 31.2 Å². The Kier molecular flexibility index (Phi) is 4.84. The van der Waals surface area contributed by atoms with Crippen molar-refractivity contribution in [3.05, 3.63) is 31.9 Å². The van der Waals surface area contributed by atoms with Gasteiger partial charge in [-0.3, -0.25) is 9.36 Å². The Balaban J connectivity index is 1.47. The molecule has 0 bridgehead atoms. The molecule has 0 radical (unpaired) electrons. The van der Waals surface area contributed by atoms with E-state index < -0.39 is 0 Å². The molecule has 0 fully saturated rings. The molecule has 1 aliphatic rings. The van der Waals surface area contributed by atoms with Gasteiger partial charge in [0.25, 0.3) is 0 Å². The minimum absolute atomic E-state index is 0.0305. The van der Waals surface area contributed by atoms with E-state index in [4.69, 9.17) is 0 Å². The summed E-state index contributed by atoms with van der Waals surface area (Å²) in [6.07, 6.45) is 3.18. The summed E-state index contributed by atoms with van der Waals surface area (Å²) in [7, 11) is 1.64. The first-order valence-electron chi connectivity index (χ1n) is 8.29. The molecular weight excluding hydrogens is 326 g/mol. The van der Waals surface area contributed by atoms with Gasteiger partial charge in [-0.05, 0) is 26.7 Å². The first-order chi connectivity index (χ1) is 11.5. The molecule has 3 rings (SSSR count). The van der Waals surface area contributed by atoms with Crippen LogP contribution in [0.1, 0.15) is 34.2 Å². The second-order valence-electron chi connectivity index (χ2n) is 6.31. The quantitative estimate of drug-likeness (QED) is 0.816. The summed E-state index contributed by atoms with van der Waals surface area (Å²) < 4.78 is 2.96. The first-order valence-corrected chi connectivity index (χ1v) is 9.10. The lowest BCUT2D eigenvalue weighted by Gasteiger charge is -2.21. The summed E-state index contributed by atoms with van der Waals surface area (Å²) in [5.74, 6) is 0.660. The number of amides is 1. The third-order valence-corrected chi connectivity index (χ3v) is 5.65. The van der Waals surface area contributed by atoms with Crippen molar-refractivity contribution in [3.63, 3.8) is 0 Å². The molecule has 0 aliphatic carbocycles. The molecule has 2 aromatic rings. The maximum absolute atomic E-state index is 12.3. The maximum Gasteiger partial charge on any atom is 0.345 e. The monoisotopic (exact) mass is 349 g/mol. The predicted octanol–water partition coefficient (Wildman–Crippen LogP) is 0.967. The maximum atomic E-state index is 12.3. The summed E-state index contributed by atoms with van der Waals surface area (Å²) in [5, 5.41) is 8.32. The Morgan fingerprint density at radius 2 is 2.21 bits per heavy atom. The lowest BCUT2D eigenvalue weighted by atomic mass is 9.98. The number of carbonyl (C=O) groups is 1. The van der Waals surface area contributed by atoms with Crippen molar-refractivity contribution in [2.75, 3.05) is 6.54 Å². The SMILES string of the molecule is Cc1nc(CCCNC(=O)[C@@H]2CCc3nn(C)c(=O)n3C2)sc1C. The zero-order chi connectivity index (χ0) is 17.3. The van der Waals surface area contributed by atoms with Gasteiger partial charge in [0.05, 0.1) is 16.6 Å². The molecular formula is C16H23N5O2S. The van der Waals surface area contributed by atoms with Crippen molar-refractivity contribution in [2.24, 2.45) is 13.0 Å². The topological polar surface area (TPSA) is 81.8 Å². The van der Waals surface area contributed by atoms with Gasteiger partial charge < -0.3 is 5.32 Å². The van der Waals surface area contributed by atoms with Crippen LogP contribution in [-0.4, -0.2) is 31.8 Å². The molecule has 1 amide bonds. The minimum Gasteiger partial charge on any atom is -0.356 e. The van der Waals surface area contributed by atoms with E-state index in [1.54, 1.807) is 23.0 Å². The van der Waals surface area contributed by atoms with Crippen LogP contribution >= 0.6 is 11.3 Å². The highest BCUT2D eigenvalue weighted by Gasteiger charge is 2.27. The summed E-state index contributed by atoms with van der Waals surface area (Å²) in [6, 6.07) is 0. The molecule has 0 unspecified atom stereocenters. The highest BCUT2D eigenvalue weighted by Crippen LogP contribution is 2.18. The Hall–Kier alpha value is -1.96. The standard InChI is InChI=1S/C16H23N5O2S/c1-10-11(2)24-14(18-10)5-4-8-17-15(22)12-6-7-13-19-20(3)16(23)21(13)9-12/h12H,4-9H2,1-3H3,(H,17,22)/t12-/m1/s1. The van der Waals surface area contributed by atoms with E-state index in [2.05, 4.69) is 22.3 Å². The minimum atomic E-state index is -0.149. The van der Waals surface area contributed by atoms with Crippen molar-refractivity contribution in [1.29, 1.82) is 0 Å². The van der Waals surface area contributed by atoms with Crippen LogP contribution in [0.4, 0.5) is 0 Å². The van der Waals surface area contributed by atoms with E-state index in [1.165, 1.54) is 9.56 Å². The molecule has 0 saturated carbocycles. The molecule has 3 heterocycles. The van der Waals surface area contributed by atoms with E-state index in [0.717, 1.165) is 35.8 Å². The average Bonchev–Trinajstić information content (AvgIpc) is 3.03. The molecule has 0 spiro atoms. The number of rotatable bonds is 5. The summed E-state index contributed by atoms with van der Waals surface area (Å²) in [4.78, 5) is 30.1. The molecule has 130 valence electrons. The number of hydrogen-bond donors (Lipinski definition) is 1. The van der Waals surface area contributed by atoms with Gasteiger partial charge in [0.2, 0.25) is 5.91 Å². The van der Waals surface area contributed by atoms with E-state index in [1.807, 2.05) is 6.92 Å².